The predicted molar refractivity (Wildman–Crippen MR) is 57.1 cm³/mol. The minimum absolute atomic E-state index is 0.0644. The summed E-state index contributed by atoms with van der Waals surface area (Å²) in [5.74, 6) is 0.816. The summed E-state index contributed by atoms with van der Waals surface area (Å²) in [5, 5.41) is 3.03. The first kappa shape index (κ1) is 15.7. The molecule has 0 saturated carbocycles. The van der Waals surface area contributed by atoms with Crippen LogP contribution < -0.4 is 11.1 Å². The number of hydrogen-bond donors (Lipinski definition) is 2. The van der Waals surface area contributed by atoms with Crippen molar-refractivity contribution in [1.82, 2.24) is 5.32 Å². The van der Waals surface area contributed by atoms with Gasteiger partial charge in [0.2, 0.25) is 0 Å². The third kappa shape index (κ3) is 8.94. The molecule has 6 heteroatoms. The minimum atomic E-state index is -4.24. The Morgan fingerprint density at radius 3 is 2.38 bits per heavy atom. The van der Waals surface area contributed by atoms with Crippen molar-refractivity contribution < 1.29 is 17.9 Å². The van der Waals surface area contributed by atoms with Gasteiger partial charge in [-0.25, -0.2) is 0 Å². The lowest BCUT2D eigenvalue weighted by molar-refractivity contribution is -0.173. The van der Waals surface area contributed by atoms with Crippen LogP contribution in [0.15, 0.2) is 0 Å². The summed E-state index contributed by atoms with van der Waals surface area (Å²) in [7, 11) is 0. The molecule has 0 aliphatic rings. The fourth-order valence-corrected chi connectivity index (χ4v) is 1.21. The average Bonchev–Trinajstić information content (AvgIpc) is 2.14. The monoisotopic (exact) mass is 242 g/mol. The van der Waals surface area contributed by atoms with Crippen LogP contribution in [0.2, 0.25) is 0 Å². The van der Waals surface area contributed by atoms with Crippen LogP contribution in [0.25, 0.3) is 0 Å². The summed E-state index contributed by atoms with van der Waals surface area (Å²) < 4.78 is 39.5. The van der Waals surface area contributed by atoms with Crippen molar-refractivity contribution in [3.8, 4) is 0 Å². The maximum absolute atomic E-state index is 11.7. The molecule has 0 radical (unpaired) electrons. The molecule has 16 heavy (non-hydrogen) atoms. The van der Waals surface area contributed by atoms with E-state index in [0.29, 0.717) is 31.5 Å². The summed E-state index contributed by atoms with van der Waals surface area (Å²) in [6.45, 7) is 4.73. The number of rotatable bonds is 8. The molecule has 0 aliphatic carbocycles. The second kappa shape index (κ2) is 7.86. The largest absolute Gasteiger partial charge is 0.411 e. The van der Waals surface area contributed by atoms with Gasteiger partial charge in [0.15, 0.2) is 0 Å². The van der Waals surface area contributed by atoms with E-state index in [4.69, 9.17) is 5.73 Å². The van der Waals surface area contributed by atoms with Crippen molar-refractivity contribution in [2.75, 3.05) is 32.8 Å². The van der Waals surface area contributed by atoms with Gasteiger partial charge in [0, 0.05) is 6.54 Å². The van der Waals surface area contributed by atoms with E-state index in [2.05, 4.69) is 23.9 Å². The zero-order valence-corrected chi connectivity index (χ0v) is 9.81. The molecule has 3 nitrogen and oxygen atoms in total. The van der Waals surface area contributed by atoms with E-state index in [-0.39, 0.29) is 6.61 Å². The fourth-order valence-electron chi connectivity index (χ4n) is 1.21. The Hall–Kier alpha value is -0.330. The zero-order chi connectivity index (χ0) is 12.6. The molecule has 98 valence electrons. The first-order valence-electron chi connectivity index (χ1n) is 5.42. The number of nitrogens with one attached hydrogen (secondary N) is 1. The SMILES string of the molecule is CC(C)C(CN)CNCCOCC(F)(F)F. The highest BCUT2D eigenvalue weighted by molar-refractivity contribution is 4.66. The molecule has 0 spiro atoms. The van der Waals surface area contributed by atoms with E-state index in [1.807, 2.05) is 0 Å². The molecule has 0 saturated heterocycles. The maximum Gasteiger partial charge on any atom is 0.411 e. The van der Waals surface area contributed by atoms with Gasteiger partial charge in [-0.1, -0.05) is 13.8 Å². The van der Waals surface area contributed by atoms with Gasteiger partial charge >= 0.3 is 6.18 Å². The van der Waals surface area contributed by atoms with Crippen LogP contribution in [0, 0.1) is 11.8 Å². The Bertz CT molecular complexity index is 174. The van der Waals surface area contributed by atoms with Crippen molar-refractivity contribution in [3.63, 3.8) is 0 Å². The fraction of sp³-hybridized carbons (Fsp3) is 1.00. The molecule has 3 N–H and O–H groups in total. The third-order valence-corrected chi connectivity index (χ3v) is 2.34. The van der Waals surface area contributed by atoms with Crippen molar-refractivity contribution in [3.05, 3.63) is 0 Å². The number of ether oxygens (including phenoxy) is 1. The highest BCUT2D eigenvalue weighted by Gasteiger charge is 2.27. The Morgan fingerprint density at radius 1 is 1.31 bits per heavy atom. The van der Waals surface area contributed by atoms with E-state index in [1.165, 1.54) is 0 Å². The lowest BCUT2D eigenvalue weighted by Gasteiger charge is -2.19. The van der Waals surface area contributed by atoms with Crippen LogP contribution in [-0.4, -0.2) is 39.0 Å². The molecule has 1 atom stereocenters. The maximum atomic E-state index is 11.7. The molecule has 0 amide bonds. The second-order valence-electron chi connectivity index (χ2n) is 4.11. The van der Waals surface area contributed by atoms with E-state index < -0.39 is 12.8 Å². The van der Waals surface area contributed by atoms with E-state index in [1.54, 1.807) is 0 Å². The second-order valence-corrected chi connectivity index (χ2v) is 4.11. The van der Waals surface area contributed by atoms with Crippen molar-refractivity contribution >= 4 is 0 Å². The highest BCUT2D eigenvalue weighted by Crippen LogP contribution is 2.14. The van der Waals surface area contributed by atoms with Gasteiger partial charge in [-0.15, -0.1) is 0 Å². The average molecular weight is 242 g/mol. The van der Waals surface area contributed by atoms with Crippen LogP contribution in [0.1, 0.15) is 13.8 Å². The van der Waals surface area contributed by atoms with Gasteiger partial charge in [0.05, 0.1) is 6.61 Å². The number of hydrogen-bond acceptors (Lipinski definition) is 3. The van der Waals surface area contributed by atoms with Gasteiger partial charge in [0.25, 0.3) is 0 Å². The molecule has 1 unspecified atom stereocenters. The van der Waals surface area contributed by atoms with Crippen LogP contribution in [0.4, 0.5) is 13.2 Å². The molecule has 0 aromatic heterocycles. The molecule has 0 aliphatic heterocycles. The Balaban J connectivity index is 3.39. The van der Waals surface area contributed by atoms with Gasteiger partial charge in [-0.3, -0.25) is 0 Å². The van der Waals surface area contributed by atoms with E-state index in [9.17, 15) is 13.2 Å². The van der Waals surface area contributed by atoms with Crippen LogP contribution >= 0.6 is 0 Å². The summed E-state index contributed by atoms with van der Waals surface area (Å²) in [6, 6.07) is 0. The normalized spacial score (nSPS) is 14.4. The van der Waals surface area contributed by atoms with Gasteiger partial charge < -0.3 is 15.8 Å². The number of halogens is 3. The molecule has 0 heterocycles. The van der Waals surface area contributed by atoms with Gasteiger partial charge in [-0.05, 0) is 24.9 Å². The Kier molecular flexibility index (Phi) is 7.70. The lowest BCUT2D eigenvalue weighted by Crippen LogP contribution is -2.33. The Morgan fingerprint density at radius 2 is 1.94 bits per heavy atom. The third-order valence-electron chi connectivity index (χ3n) is 2.34. The van der Waals surface area contributed by atoms with Crippen molar-refractivity contribution in [2.45, 2.75) is 20.0 Å². The summed E-state index contributed by atoms with van der Waals surface area (Å²) in [4.78, 5) is 0. The molecular formula is C10H21F3N2O. The molecule has 0 aromatic rings. The summed E-state index contributed by atoms with van der Waals surface area (Å²) in [5.41, 5.74) is 5.55. The first-order valence-corrected chi connectivity index (χ1v) is 5.42. The lowest BCUT2D eigenvalue weighted by atomic mass is 9.96. The topological polar surface area (TPSA) is 47.3 Å². The minimum Gasteiger partial charge on any atom is -0.371 e. The standard InChI is InChI=1S/C10H21F3N2O/c1-8(2)9(5-14)6-15-3-4-16-7-10(11,12)13/h8-9,15H,3-7,14H2,1-2H3. The predicted octanol–water partition coefficient (Wildman–Crippen LogP) is 1.39. The van der Waals surface area contributed by atoms with Crippen molar-refractivity contribution in [2.24, 2.45) is 17.6 Å². The molecule has 0 aromatic carbocycles. The Labute approximate surface area is 94.5 Å². The smallest absolute Gasteiger partial charge is 0.371 e. The quantitative estimate of drug-likeness (QED) is 0.632. The van der Waals surface area contributed by atoms with E-state index >= 15 is 0 Å². The van der Waals surface area contributed by atoms with E-state index in [0.717, 1.165) is 0 Å². The summed E-state index contributed by atoms with van der Waals surface area (Å²) in [6.07, 6.45) is -4.24. The first-order chi connectivity index (χ1) is 7.37. The van der Waals surface area contributed by atoms with Gasteiger partial charge in [0.1, 0.15) is 6.61 Å². The zero-order valence-electron chi connectivity index (χ0n) is 9.81. The molecule has 0 fully saturated rings. The number of alkyl halides is 3. The van der Waals surface area contributed by atoms with Crippen molar-refractivity contribution in [1.29, 1.82) is 0 Å². The molecular weight excluding hydrogens is 221 g/mol. The highest BCUT2D eigenvalue weighted by atomic mass is 19.4. The number of nitrogens with two attached hydrogens (primary N) is 1. The molecule has 0 rings (SSSR count). The molecule has 0 bridgehead atoms. The van der Waals surface area contributed by atoms with Crippen LogP contribution in [-0.2, 0) is 4.74 Å². The summed E-state index contributed by atoms with van der Waals surface area (Å²) >= 11 is 0. The van der Waals surface area contributed by atoms with Gasteiger partial charge in [-0.2, -0.15) is 13.2 Å². The van der Waals surface area contributed by atoms with Crippen LogP contribution in [0.5, 0.6) is 0 Å². The van der Waals surface area contributed by atoms with Crippen LogP contribution in [0.3, 0.4) is 0 Å².